The fraction of sp³-hybridized carbons (Fsp3) is 0.643. The predicted octanol–water partition coefficient (Wildman–Crippen LogP) is 0.119. The zero-order chi connectivity index (χ0) is 15.0. The summed E-state index contributed by atoms with van der Waals surface area (Å²) in [6.45, 7) is 1.59. The minimum Gasteiger partial charge on any atom is -0.377 e. The summed E-state index contributed by atoms with van der Waals surface area (Å²) in [5.74, 6) is -0.0594. The van der Waals surface area contributed by atoms with Gasteiger partial charge in [-0.25, -0.2) is 0 Å². The highest BCUT2D eigenvalue weighted by Gasteiger charge is 2.54. The number of aromatic amines is 1. The smallest absolute Gasteiger partial charge is 0.271 e. The number of carbonyl (C=O) groups excluding carboxylic acids is 2. The fourth-order valence-electron chi connectivity index (χ4n) is 3.41. The highest BCUT2D eigenvalue weighted by molar-refractivity contribution is 5.93. The monoisotopic (exact) mass is 292 g/mol. The number of aromatic nitrogens is 2. The Bertz CT molecular complexity index is 542. The average molecular weight is 292 g/mol. The summed E-state index contributed by atoms with van der Waals surface area (Å²) in [4.78, 5) is 28.5. The largest absolute Gasteiger partial charge is 0.377 e. The van der Waals surface area contributed by atoms with Gasteiger partial charge in [-0.05, 0) is 18.9 Å². The molecule has 1 N–H and O–H groups in total. The molecule has 2 atom stereocenters. The number of fused-ring (bicyclic) bond motifs is 1. The lowest BCUT2D eigenvalue weighted by atomic mass is 9.75. The lowest BCUT2D eigenvalue weighted by molar-refractivity contribution is -0.146. The van der Waals surface area contributed by atoms with Crippen molar-refractivity contribution in [3.63, 3.8) is 0 Å². The Labute approximate surface area is 123 Å². The molecule has 2 fully saturated rings. The molecule has 0 spiro atoms. The van der Waals surface area contributed by atoms with Gasteiger partial charge in [0.25, 0.3) is 5.91 Å². The van der Waals surface area contributed by atoms with Gasteiger partial charge in [0, 0.05) is 40.0 Å². The van der Waals surface area contributed by atoms with Gasteiger partial charge in [-0.15, -0.1) is 0 Å². The standard InChI is InChI=1S/C14H20N4O3/c1-17(2)13(20)14-5-8-21-11(14)4-7-18(9-14)12(19)10-3-6-15-16-10/h3,6,11H,4-5,7-9H2,1-2H3,(H,15,16)/t11-,14-/m1/s1. The molecular formula is C14H20N4O3. The zero-order valence-electron chi connectivity index (χ0n) is 12.3. The molecule has 3 rings (SSSR count). The minimum absolute atomic E-state index is 0.0483. The number of hydrogen-bond donors (Lipinski definition) is 1. The molecule has 2 amide bonds. The third kappa shape index (κ3) is 2.21. The van der Waals surface area contributed by atoms with Crippen LogP contribution in [0.25, 0.3) is 0 Å². The van der Waals surface area contributed by atoms with E-state index >= 15 is 0 Å². The summed E-state index contributed by atoms with van der Waals surface area (Å²) in [5, 5.41) is 6.50. The van der Waals surface area contributed by atoms with E-state index in [0.717, 1.165) is 0 Å². The van der Waals surface area contributed by atoms with Crippen LogP contribution in [0.3, 0.4) is 0 Å². The quantitative estimate of drug-likeness (QED) is 0.840. The Morgan fingerprint density at radius 2 is 2.33 bits per heavy atom. The summed E-state index contributed by atoms with van der Waals surface area (Å²) in [7, 11) is 3.50. The van der Waals surface area contributed by atoms with E-state index in [-0.39, 0.29) is 17.9 Å². The molecule has 2 aliphatic rings. The Balaban J connectivity index is 1.85. The van der Waals surface area contributed by atoms with Crippen LogP contribution in [-0.4, -0.2) is 71.7 Å². The summed E-state index contributed by atoms with van der Waals surface area (Å²) in [5.41, 5.74) is -0.142. The third-order valence-corrected chi connectivity index (χ3v) is 4.47. The van der Waals surface area contributed by atoms with Gasteiger partial charge in [-0.2, -0.15) is 5.10 Å². The Morgan fingerprint density at radius 1 is 1.52 bits per heavy atom. The highest BCUT2D eigenvalue weighted by Crippen LogP contribution is 2.42. The van der Waals surface area contributed by atoms with Gasteiger partial charge < -0.3 is 14.5 Å². The second kappa shape index (κ2) is 5.14. The van der Waals surface area contributed by atoms with Gasteiger partial charge in [0.2, 0.25) is 5.91 Å². The van der Waals surface area contributed by atoms with Crippen LogP contribution in [0.1, 0.15) is 23.3 Å². The van der Waals surface area contributed by atoms with Crippen LogP contribution in [0.15, 0.2) is 12.3 Å². The van der Waals surface area contributed by atoms with Crippen LogP contribution in [-0.2, 0) is 9.53 Å². The number of hydrogen-bond acceptors (Lipinski definition) is 4. The number of carbonyl (C=O) groups is 2. The van der Waals surface area contributed by atoms with Crippen molar-refractivity contribution in [2.75, 3.05) is 33.8 Å². The Kier molecular flexibility index (Phi) is 3.44. The first-order valence-corrected chi connectivity index (χ1v) is 7.16. The highest BCUT2D eigenvalue weighted by atomic mass is 16.5. The maximum Gasteiger partial charge on any atom is 0.271 e. The van der Waals surface area contributed by atoms with E-state index in [1.165, 1.54) is 0 Å². The number of rotatable bonds is 2. The molecule has 1 aromatic rings. The molecule has 7 nitrogen and oxygen atoms in total. The molecule has 2 saturated heterocycles. The molecule has 0 bridgehead atoms. The van der Waals surface area contributed by atoms with E-state index in [1.54, 1.807) is 36.2 Å². The van der Waals surface area contributed by atoms with Crippen molar-refractivity contribution in [3.8, 4) is 0 Å². The molecule has 2 aliphatic heterocycles. The number of likely N-dealkylation sites (tertiary alicyclic amines) is 1. The van der Waals surface area contributed by atoms with Gasteiger partial charge in [-0.1, -0.05) is 0 Å². The number of nitrogens with zero attached hydrogens (tertiary/aromatic N) is 3. The molecule has 0 aromatic carbocycles. The van der Waals surface area contributed by atoms with Crippen LogP contribution in [0.4, 0.5) is 0 Å². The van der Waals surface area contributed by atoms with Gasteiger partial charge in [0.1, 0.15) is 5.69 Å². The Morgan fingerprint density at radius 3 is 3.00 bits per heavy atom. The predicted molar refractivity (Wildman–Crippen MR) is 74.6 cm³/mol. The minimum atomic E-state index is -0.600. The molecule has 114 valence electrons. The normalized spacial score (nSPS) is 28.3. The molecule has 0 saturated carbocycles. The number of nitrogens with one attached hydrogen (secondary N) is 1. The van der Waals surface area contributed by atoms with E-state index in [9.17, 15) is 9.59 Å². The molecular weight excluding hydrogens is 272 g/mol. The van der Waals surface area contributed by atoms with Gasteiger partial charge in [0.05, 0.1) is 11.5 Å². The molecule has 0 unspecified atom stereocenters. The molecule has 3 heterocycles. The number of H-pyrrole nitrogens is 1. The van der Waals surface area contributed by atoms with E-state index in [1.807, 2.05) is 0 Å². The summed E-state index contributed by atoms with van der Waals surface area (Å²) < 4.78 is 5.74. The van der Waals surface area contributed by atoms with Crippen LogP contribution >= 0.6 is 0 Å². The van der Waals surface area contributed by atoms with Crippen molar-refractivity contribution in [3.05, 3.63) is 18.0 Å². The molecule has 7 heteroatoms. The van der Waals surface area contributed by atoms with Crippen molar-refractivity contribution in [2.24, 2.45) is 5.41 Å². The maximum absolute atomic E-state index is 12.6. The first-order chi connectivity index (χ1) is 10.0. The zero-order valence-corrected chi connectivity index (χ0v) is 12.3. The average Bonchev–Trinajstić information content (AvgIpc) is 3.14. The number of ether oxygens (including phenoxy) is 1. The van der Waals surface area contributed by atoms with Crippen LogP contribution < -0.4 is 0 Å². The third-order valence-electron chi connectivity index (χ3n) is 4.47. The summed E-state index contributed by atoms with van der Waals surface area (Å²) >= 11 is 0. The second-order valence-corrected chi connectivity index (χ2v) is 5.95. The fourth-order valence-corrected chi connectivity index (χ4v) is 3.41. The molecule has 0 radical (unpaired) electrons. The second-order valence-electron chi connectivity index (χ2n) is 5.95. The van der Waals surface area contributed by atoms with Crippen LogP contribution in [0, 0.1) is 5.41 Å². The number of amides is 2. The first kappa shape index (κ1) is 14.1. The van der Waals surface area contributed by atoms with Gasteiger partial charge in [0.15, 0.2) is 0 Å². The molecule has 0 aliphatic carbocycles. The van der Waals surface area contributed by atoms with Crippen LogP contribution in [0.5, 0.6) is 0 Å². The van der Waals surface area contributed by atoms with Crippen molar-refractivity contribution in [1.29, 1.82) is 0 Å². The topological polar surface area (TPSA) is 78.5 Å². The lowest BCUT2D eigenvalue weighted by Gasteiger charge is -2.43. The SMILES string of the molecule is CN(C)C(=O)[C@@]12CCO[C@@H]1CCN(C(=O)c1ccn[nH]1)C2. The summed E-state index contributed by atoms with van der Waals surface area (Å²) in [6.07, 6.45) is 2.83. The number of piperidine rings is 1. The van der Waals surface area contributed by atoms with Crippen LogP contribution in [0.2, 0.25) is 0 Å². The summed E-state index contributed by atoms with van der Waals surface area (Å²) in [6, 6.07) is 1.65. The Hall–Kier alpha value is -1.89. The van der Waals surface area contributed by atoms with Gasteiger partial charge in [-0.3, -0.25) is 14.7 Å². The molecule has 1 aromatic heterocycles. The van der Waals surface area contributed by atoms with E-state index in [2.05, 4.69) is 10.2 Å². The lowest BCUT2D eigenvalue weighted by Crippen LogP contribution is -2.58. The van der Waals surface area contributed by atoms with Crippen molar-refractivity contribution >= 4 is 11.8 Å². The van der Waals surface area contributed by atoms with Crippen molar-refractivity contribution in [2.45, 2.75) is 18.9 Å². The maximum atomic E-state index is 12.6. The van der Waals surface area contributed by atoms with Crippen molar-refractivity contribution in [1.82, 2.24) is 20.0 Å². The van der Waals surface area contributed by atoms with E-state index in [0.29, 0.717) is 38.2 Å². The first-order valence-electron chi connectivity index (χ1n) is 7.16. The van der Waals surface area contributed by atoms with E-state index < -0.39 is 5.41 Å². The molecule has 21 heavy (non-hydrogen) atoms. The van der Waals surface area contributed by atoms with Gasteiger partial charge >= 0.3 is 0 Å². The van der Waals surface area contributed by atoms with E-state index in [4.69, 9.17) is 4.74 Å². The van der Waals surface area contributed by atoms with Crippen molar-refractivity contribution < 1.29 is 14.3 Å².